The molecule has 1 atom stereocenters. The van der Waals surface area contributed by atoms with Crippen molar-refractivity contribution in [3.05, 3.63) is 60.0 Å². The summed E-state index contributed by atoms with van der Waals surface area (Å²) in [7, 11) is 0. The molecule has 0 saturated carbocycles. The van der Waals surface area contributed by atoms with Gasteiger partial charge in [-0.3, -0.25) is 0 Å². The molecule has 4 rings (SSSR count). The van der Waals surface area contributed by atoms with Crippen LogP contribution < -0.4 is 10.2 Å². The first-order valence-electron chi connectivity index (χ1n) is 7.93. The Balaban J connectivity index is 1.69. The molecule has 1 fully saturated rings. The van der Waals surface area contributed by atoms with Crippen molar-refractivity contribution in [2.45, 2.75) is 13.0 Å². The van der Waals surface area contributed by atoms with E-state index in [0.29, 0.717) is 6.04 Å². The van der Waals surface area contributed by atoms with Crippen LogP contribution in [-0.2, 0) is 0 Å². The summed E-state index contributed by atoms with van der Waals surface area (Å²) in [5.41, 5.74) is 4.08. The number of rotatable bonds is 2. The average Bonchev–Trinajstić information content (AvgIpc) is 2.62. The number of nitrogens with one attached hydrogen (secondary N) is 1. The van der Waals surface area contributed by atoms with Crippen molar-refractivity contribution >= 4 is 16.9 Å². The van der Waals surface area contributed by atoms with Crippen molar-refractivity contribution in [1.29, 1.82) is 0 Å². The van der Waals surface area contributed by atoms with Gasteiger partial charge in [0.15, 0.2) is 5.82 Å². The van der Waals surface area contributed by atoms with E-state index in [1.165, 1.54) is 5.56 Å². The lowest BCUT2D eigenvalue weighted by atomic mass is 10.0. The maximum atomic E-state index is 4.66. The summed E-state index contributed by atoms with van der Waals surface area (Å²) in [6, 6.07) is 14.9. The first kappa shape index (κ1) is 14.1. The molecule has 1 saturated heterocycles. The number of aromatic nitrogens is 3. The summed E-state index contributed by atoms with van der Waals surface area (Å²) in [5.74, 6) is 0.932. The summed E-state index contributed by atoms with van der Waals surface area (Å²) in [5, 5.41) is 3.59. The molecule has 1 N–H and O–H groups in total. The van der Waals surface area contributed by atoms with E-state index >= 15 is 0 Å². The monoisotopic (exact) mass is 305 g/mol. The Morgan fingerprint density at radius 2 is 1.96 bits per heavy atom. The third-order valence-corrected chi connectivity index (χ3v) is 4.28. The van der Waals surface area contributed by atoms with Crippen LogP contribution in [0.1, 0.15) is 17.3 Å². The number of anilines is 1. The van der Waals surface area contributed by atoms with Crippen LogP contribution in [0, 0.1) is 6.92 Å². The van der Waals surface area contributed by atoms with Crippen molar-refractivity contribution in [1.82, 2.24) is 20.3 Å². The molecule has 1 aromatic carbocycles. The molecule has 1 aliphatic rings. The number of piperazine rings is 1. The highest BCUT2D eigenvalue weighted by molar-refractivity contribution is 5.85. The first-order valence-corrected chi connectivity index (χ1v) is 7.93. The van der Waals surface area contributed by atoms with Crippen LogP contribution in [0.25, 0.3) is 11.0 Å². The van der Waals surface area contributed by atoms with E-state index in [9.17, 15) is 0 Å². The van der Waals surface area contributed by atoms with Crippen molar-refractivity contribution in [3.63, 3.8) is 0 Å². The number of benzene rings is 1. The zero-order valence-corrected chi connectivity index (χ0v) is 13.1. The number of pyridine rings is 1. The quantitative estimate of drug-likeness (QED) is 0.788. The zero-order valence-electron chi connectivity index (χ0n) is 13.1. The Morgan fingerprint density at radius 1 is 1.09 bits per heavy atom. The minimum absolute atomic E-state index is 0.305. The Labute approximate surface area is 135 Å². The Bertz CT molecular complexity index is 818. The number of fused-ring (bicyclic) bond motifs is 1. The van der Waals surface area contributed by atoms with Gasteiger partial charge < -0.3 is 10.2 Å². The van der Waals surface area contributed by atoms with Gasteiger partial charge >= 0.3 is 0 Å². The van der Waals surface area contributed by atoms with Gasteiger partial charge in [0.05, 0.1) is 5.52 Å². The smallest absolute Gasteiger partial charge is 0.158 e. The largest absolute Gasteiger partial charge is 0.352 e. The lowest BCUT2D eigenvalue weighted by Gasteiger charge is -2.35. The third kappa shape index (κ3) is 2.75. The molecule has 1 aliphatic heterocycles. The highest BCUT2D eigenvalue weighted by Crippen LogP contribution is 2.25. The second kappa shape index (κ2) is 5.93. The van der Waals surface area contributed by atoms with Crippen molar-refractivity contribution in [2.24, 2.45) is 0 Å². The molecule has 0 aliphatic carbocycles. The van der Waals surface area contributed by atoms with Gasteiger partial charge in [0.25, 0.3) is 0 Å². The summed E-state index contributed by atoms with van der Waals surface area (Å²) in [6.45, 7) is 4.73. The molecule has 3 aromatic rings. The molecule has 116 valence electrons. The van der Waals surface area contributed by atoms with E-state index in [0.717, 1.165) is 42.2 Å². The maximum absolute atomic E-state index is 4.66. The molecule has 2 aromatic heterocycles. The van der Waals surface area contributed by atoms with Gasteiger partial charge in [-0.1, -0.05) is 30.3 Å². The molecule has 5 heteroatoms. The molecule has 0 bridgehead atoms. The normalized spacial score (nSPS) is 18.3. The third-order valence-electron chi connectivity index (χ3n) is 4.28. The van der Waals surface area contributed by atoms with Crippen molar-refractivity contribution in [3.8, 4) is 0 Å². The van der Waals surface area contributed by atoms with Crippen LogP contribution >= 0.6 is 0 Å². The lowest BCUT2D eigenvalue weighted by molar-refractivity contribution is 0.470. The Kier molecular flexibility index (Phi) is 3.63. The van der Waals surface area contributed by atoms with Crippen LogP contribution in [-0.4, -0.2) is 34.6 Å². The van der Waals surface area contributed by atoms with Gasteiger partial charge in [0, 0.05) is 31.4 Å². The molecule has 5 nitrogen and oxygen atoms in total. The van der Waals surface area contributed by atoms with Crippen molar-refractivity contribution in [2.75, 3.05) is 24.5 Å². The van der Waals surface area contributed by atoms with Crippen LogP contribution in [0.3, 0.4) is 0 Å². The maximum Gasteiger partial charge on any atom is 0.158 e. The van der Waals surface area contributed by atoms with Gasteiger partial charge in [0.1, 0.15) is 11.8 Å². The predicted molar refractivity (Wildman–Crippen MR) is 91.5 cm³/mol. The highest BCUT2D eigenvalue weighted by atomic mass is 15.3. The Morgan fingerprint density at radius 3 is 2.83 bits per heavy atom. The zero-order chi connectivity index (χ0) is 15.6. The van der Waals surface area contributed by atoms with E-state index < -0.39 is 0 Å². The van der Waals surface area contributed by atoms with Gasteiger partial charge in [-0.05, 0) is 24.6 Å². The van der Waals surface area contributed by atoms with E-state index in [2.05, 4.69) is 55.5 Å². The molecule has 23 heavy (non-hydrogen) atoms. The molecule has 3 heterocycles. The molecule has 0 amide bonds. The fraction of sp³-hybridized carbons (Fsp3) is 0.278. The van der Waals surface area contributed by atoms with E-state index in [1.807, 2.05) is 19.1 Å². The van der Waals surface area contributed by atoms with Gasteiger partial charge in [-0.2, -0.15) is 0 Å². The molecule has 0 radical (unpaired) electrons. The SMILES string of the molecule is Cc1ccc2ncnc(N3CCNC(c4ccccc4)C3)c2n1. The van der Waals surface area contributed by atoms with Gasteiger partial charge in [-0.25, -0.2) is 15.0 Å². The van der Waals surface area contributed by atoms with E-state index in [1.54, 1.807) is 6.33 Å². The molecular formula is C18H19N5. The summed E-state index contributed by atoms with van der Waals surface area (Å²) in [6.07, 6.45) is 1.63. The molecule has 1 unspecified atom stereocenters. The molecular weight excluding hydrogens is 286 g/mol. The predicted octanol–water partition coefficient (Wildman–Crippen LogP) is 2.48. The topological polar surface area (TPSA) is 53.9 Å². The fourth-order valence-electron chi connectivity index (χ4n) is 3.11. The fourth-order valence-corrected chi connectivity index (χ4v) is 3.11. The van der Waals surface area contributed by atoms with Crippen LogP contribution in [0.5, 0.6) is 0 Å². The summed E-state index contributed by atoms with van der Waals surface area (Å²) in [4.78, 5) is 15.8. The van der Waals surface area contributed by atoms with Crippen molar-refractivity contribution < 1.29 is 0 Å². The number of hydrogen-bond acceptors (Lipinski definition) is 5. The summed E-state index contributed by atoms with van der Waals surface area (Å²) < 4.78 is 0. The van der Waals surface area contributed by atoms with Gasteiger partial charge in [-0.15, -0.1) is 0 Å². The van der Waals surface area contributed by atoms with Gasteiger partial charge in [0.2, 0.25) is 0 Å². The second-order valence-electron chi connectivity index (χ2n) is 5.88. The minimum Gasteiger partial charge on any atom is -0.352 e. The highest BCUT2D eigenvalue weighted by Gasteiger charge is 2.23. The van der Waals surface area contributed by atoms with Crippen LogP contribution in [0.15, 0.2) is 48.8 Å². The standard InChI is InChI=1S/C18H19N5/c1-13-7-8-15-17(22-13)18(21-12-20-15)23-10-9-19-16(11-23)14-5-3-2-4-6-14/h2-8,12,16,19H,9-11H2,1H3. The Hall–Kier alpha value is -2.53. The van der Waals surface area contributed by atoms with E-state index in [-0.39, 0.29) is 0 Å². The average molecular weight is 305 g/mol. The number of hydrogen-bond donors (Lipinski definition) is 1. The number of aryl methyl sites for hydroxylation is 1. The number of nitrogens with zero attached hydrogens (tertiary/aromatic N) is 4. The molecule has 0 spiro atoms. The summed E-state index contributed by atoms with van der Waals surface area (Å²) >= 11 is 0. The van der Waals surface area contributed by atoms with Crippen LogP contribution in [0.4, 0.5) is 5.82 Å². The lowest BCUT2D eigenvalue weighted by Crippen LogP contribution is -2.46. The second-order valence-corrected chi connectivity index (χ2v) is 5.88. The van der Waals surface area contributed by atoms with E-state index in [4.69, 9.17) is 0 Å². The van der Waals surface area contributed by atoms with Crippen LogP contribution in [0.2, 0.25) is 0 Å². The minimum atomic E-state index is 0.305. The first-order chi connectivity index (χ1) is 11.3.